The highest BCUT2D eigenvalue weighted by Gasteiger charge is 2.53. The SMILES string of the molecule is c1cc2c(c3c1C[C@@H]1NCC[C@]34CCCC[C@H]14)OCO2. The van der Waals surface area contributed by atoms with Crippen LogP contribution >= 0.6 is 0 Å². The third-order valence-corrected chi connectivity index (χ3v) is 6.12. The van der Waals surface area contributed by atoms with E-state index in [0.29, 0.717) is 18.2 Å². The lowest BCUT2D eigenvalue weighted by atomic mass is 9.52. The average Bonchev–Trinajstić information content (AvgIpc) is 2.94. The lowest BCUT2D eigenvalue weighted by Gasteiger charge is -2.55. The Morgan fingerprint density at radius 2 is 2.15 bits per heavy atom. The van der Waals surface area contributed by atoms with Crippen LogP contribution in [0.3, 0.4) is 0 Å². The third kappa shape index (κ3) is 1.30. The molecule has 0 unspecified atom stereocenters. The maximum atomic E-state index is 5.89. The summed E-state index contributed by atoms with van der Waals surface area (Å²) in [6.07, 6.45) is 7.91. The molecule has 2 bridgehead atoms. The van der Waals surface area contributed by atoms with E-state index < -0.39 is 0 Å². The summed E-state index contributed by atoms with van der Waals surface area (Å²) in [6, 6.07) is 5.07. The van der Waals surface area contributed by atoms with Crippen LogP contribution in [0.2, 0.25) is 0 Å². The molecule has 3 nitrogen and oxygen atoms in total. The number of nitrogens with one attached hydrogen (secondary N) is 1. The first-order valence-electron chi connectivity index (χ1n) is 8.04. The number of benzene rings is 1. The van der Waals surface area contributed by atoms with Gasteiger partial charge in [-0.15, -0.1) is 0 Å². The van der Waals surface area contributed by atoms with E-state index in [4.69, 9.17) is 9.47 Å². The number of fused-ring (bicyclic) bond motifs is 3. The summed E-state index contributed by atoms with van der Waals surface area (Å²) in [6.45, 7) is 1.55. The molecule has 2 heterocycles. The van der Waals surface area contributed by atoms with E-state index in [0.717, 1.165) is 24.0 Å². The lowest BCUT2D eigenvalue weighted by Crippen LogP contribution is -2.59. The third-order valence-electron chi connectivity index (χ3n) is 6.12. The molecule has 1 saturated carbocycles. The van der Waals surface area contributed by atoms with Gasteiger partial charge in [-0.05, 0) is 49.8 Å². The Balaban J connectivity index is 1.77. The number of rotatable bonds is 0. The van der Waals surface area contributed by atoms with Crippen LogP contribution in [0.1, 0.15) is 43.2 Å². The molecule has 1 aromatic carbocycles. The van der Waals surface area contributed by atoms with Crippen molar-refractivity contribution in [2.24, 2.45) is 5.92 Å². The van der Waals surface area contributed by atoms with Gasteiger partial charge in [0.2, 0.25) is 6.79 Å². The van der Waals surface area contributed by atoms with E-state index in [-0.39, 0.29) is 0 Å². The van der Waals surface area contributed by atoms with Crippen molar-refractivity contribution in [3.63, 3.8) is 0 Å². The van der Waals surface area contributed by atoms with E-state index in [1.807, 2.05) is 0 Å². The first kappa shape index (κ1) is 11.4. The lowest BCUT2D eigenvalue weighted by molar-refractivity contribution is 0.0761. The second-order valence-electron chi connectivity index (χ2n) is 6.86. The van der Waals surface area contributed by atoms with Crippen LogP contribution < -0.4 is 14.8 Å². The molecule has 3 atom stereocenters. The normalized spacial score (nSPS) is 37.2. The minimum absolute atomic E-state index is 0.362. The molecule has 0 aromatic heterocycles. The van der Waals surface area contributed by atoms with Gasteiger partial charge in [0.15, 0.2) is 11.5 Å². The summed E-state index contributed by atoms with van der Waals surface area (Å²) in [5.41, 5.74) is 3.39. The Labute approximate surface area is 119 Å². The molecular formula is C17H21NO2. The summed E-state index contributed by atoms with van der Waals surface area (Å²) < 4.78 is 11.5. The highest BCUT2D eigenvalue weighted by Crippen LogP contribution is 2.58. The maximum absolute atomic E-state index is 5.89. The van der Waals surface area contributed by atoms with Crippen LogP contribution in [-0.4, -0.2) is 19.4 Å². The molecule has 2 aliphatic heterocycles. The Kier molecular flexibility index (Phi) is 2.24. The minimum Gasteiger partial charge on any atom is -0.454 e. The topological polar surface area (TPSA) is 30.5 Å². The summed E-state index contributed by atoms with van der Waals surface area (Å²) in [7, 11) is 0. The van der Waals surface area contributed by atoms with Crippen molar-refractivity contribution in [3.05, 3.63) is 23.3 Å². The van der Waals surface area contributed by atoms with Crippen LogP contribution in [0.25, 0.3) is 0 Å². The zero-order valence-electron chi connectivity index (χ0n) is 11.8. The van der Waals surface area contributed by atoms with Gasteiger partial charge in [0, 0.05) is 17.0 Å². The first-order valence-corrected chi connectivity index (χ1v) is 8.04. The van der Waals surface area contributed by atoms with E-state index in [2.05, 4.69) is 17.4 Å². The molecule has 0 radical (unpaired) electrons. The van der Waals surface area contributed by atoms with Gasteiger partial charge in [0.1, 0.15) is 0 Å². The monoisotopic (exact) mass is 271 g/mol. The van der Waals surface area contributed by atoms with Crippen molar-refractivity contribution >= 4 is 0 Å². The van der Waals surface area contributed by atoms with Gasteiger partial charge < -0.3 is 14.8 Å². The second kappa shape index (κ2) is 3.91. The summed E-state index contributed by atoms with van der Waals surface area (Å²) in [4.78, 5) is 0. The smallest absolute Gasteiger partial charge is 0.231 e. The molecule has 2 aliphatic carbocycles. The van der Waals surface area contributed by atoms with E-state index in [1.54, 1.807) is 0 Å². The van der Waals surface area contributed by atoms with Crippen LogP contribution in [-0.2, 0) is 11.8 Å². The van der Waals surface area contributed by atoms with E-state index in [1.165, 1.54) is 49.7 Å². The van der Waals surface area contributed by atoms with Crippen molar-refractivity contribution in [3.8, 4) is 11.5 Å². The molecule has 3 heteroatoms. The van der Waals surface area contributed by atoms with Gasteiger partial charge in [-0.25, -0.2) is 0 Å². The molecule has 1 aromatic rings. The van der Waals surface area contributed by atoms with Crippen LogP contribution in [0.4, 0.5) is 0 Å². The van der Waals surface area contributed by atoms with Gasteiger partial charge in [-0.1, -0.05) is 18.9 Å². The van der Waals surface area contributed by atoms with Crippen molar-refractivity contribution in [1.29, 1.82) is 0 Å². The fraction of sp³-hybridized carbons (Fsp3) is 0.647. The molecule has 0 spiro atoms. The molecule has 106 valence electrons. The van der Waals surface area contributed by atoms with Crippen molar-refractivity contribution in [2.45, 2.75) is 50.0 Å². The average molecular weight is 271 g/mol. The molecule has 0 amide bonds. The predicted molar refractivity (Wildman–Crippen MR) is 76.3 cm³/mol. The van der Waals surface area contributed by atoms with Gasteiger partial charge in [-0.2, -0.15) is 0 Å². The Hall–Kier alpha value is -1.22. The molecule has 1 saturated heterocycles. The number of ether oxygens (including phenoxy) is 2. The zero-order valence-corrected chi connectivity index (χ0v) is 11.8. The molecule has 20 heavy (non-hydrogen) atoms. The Bertz CT molecular complexity index is 566. The standard InChI is InChI=1S/C17H21NO2/c1-2-6-17-7-8-18-13(12(17)3-1)9-11-4-5-14-16(15(11)17)20-10-19-14/h4-5,12-13,18H,1-3,6-10H2/t12-,13+,17+/m1/s1. The molecule has 2 fully saturated rings. The fourth-order valence-electron chi connectivity index (χ4n) is 5.40. The Morgan fingerprint density at radius 1 is 1.15 bits per heavy atom. The fourth-order valence-corrected chi connectivity index (χ4v) is 5.40. The Morgan fingerprint density at radius 3 is 3.15 bits per heavy atom. The van der Waals surface area contributed by atoms with E-state index in [9.17, 15) is 0 Å². The van der Waals surface area contributed by atoms with Crippen molar-refractivity contribution in [2.75, 3.05) is 13.3 Å². The van der Waals surface area contributed by atoms with Crippen molar-refractivity contribution in [1.82, 2.24) is 5.32 Å². The summed E-state index contributed by atoms with van der Waals surface area (Å²) in [5.74, 6) is 2.85. The molecule has 4 aliphatic rings. The van der Waals surface area contributed by atoms with Gasteiger partial charge >= 0.3 is 0 Å². The minimum atomic E-state index is 0.362. The largest absolute Gasteiger partial charge is 0.454 e. The van der Waals surface area contributed by atoms with Crippen LogP contribution in [0.15, 0.2) is 12.1 Å². The molecule has 5 rings (SSSR count). The summed E-state index contributed by atoms with van der Waals surface area (Å²) in [5, 5.41) is 3.78. The van der Waals surface area contributed by atoms with Gasteiger partial charge in [-0.3, -0.25) is 0 Å². The highest BCUT2D eigenvalue weighted by molar-refractivity contribution is 5.58. The van der Waals surface area contributed by atoms with Gasteiger partial charge in [0.05, 0.1) is 0 Å². The zero-order chi connectivity index (χ0) is 13.2. The first-order chi connectivity index (χ1) is 9.88. The molecule has 1 N–H and O–H groups in total. The maximum Gasteiger partial charge on any atom is 0.231 e. The summed E-state index contributed by atoms with van der Waals surface area (Å²) >= 11 is 0. The van der Waals surface area contributed by atoms with Crippen LogP contribution in [0.5, 0.6) is 11.5 Å². The van der Waals surface area contributed by atoms with E-state index >= 15 is 0 Å². The molecular weight excluding hydrogens is 250 g/mol. The highest BCUT2D eigenvalue weighted by atomic mass is 16.7. The predicted octanol–water partition coefficient (Wildman–Crippen LogP) is 2.76. The van der Waals surface area contributed by atoms with Crippen LogP contribution in [0, 0.1) is 5.92 Å². The van der Waals surface area contributed by atoms with Gasteiger partial charge in [0.25, 0.3) is 0 Å². The number of hydrogen-bond donors (Lipinski definition) is 1. The van der Waals surface area contributed by atoms with Crippen molar-refractivity contribution < 1.29 is 9.47 Å². The number of piperidine rings is 1. The number of hydrogen-bond acceptors (Lipinski definition) is 3. The quantitative estimate of drug-likeness (QED) is 0.787. The second-order valence-corrected chi connectivity index (χ2v) is 6.86.